The van der Waals surface area contributed by atoms with Crippen LogP contribution in [0.1, 0.15) is 24.5 Å². The number of piperidine rings is 1. The maximum absolute atomic E-state index is 10.5. The first-order valence-corrected chi connectivity index (χ1v) is 7.47. The number of hydrogen-bond donors (Lipinski definition) is 1. The lowest BCUT2D eigenvalue weighted by molar-refractivity contribution is 0.0925. The first-order valence-electron chi connectivity index (χ1n) is 7.47. The molecular weight excluding hydrogens is 280 g/mol. The van der Waals surface area contributed by atoms with Crippen LogP contribution in [0.5, 0.6) is 5.88 Å². The molecule has 0 saturated carbocycles. The third-order valence-corrected chi connectivity index (χ3v) is 4.17. The number of methoxy groups -OCH3 is 1. The number of ether oxygens (including phenoxy) is 1. The normalized spacial score (nSPS) is 17.3. The van der Waals surface area contributed by atoms with Crippen LogP contribution < -0.4 is 9.64 Å². The molecule has 1 aliphatic heterocycles. The molecule has 2 aromatic rings. The average molecular weight is 300 g/mol. The molecule has 0 aromatic carbocycles. The van der Waals surface area contributed by atoms with Gasteiger partial charge in [0.05, 0.1) is 13.2 Å². The van der Waals surface area contributed by atoms with Crippen LogP contribution >= 0.6 is 0 Å². The fraction of sp³-hybridized carbons (Fsp3) is 0.438. The summed E-state index contributed by atoms with van der Waals surface area (Å²) in [5, 5.41) is 10.5. The van der Waals surface area contributed by atoms with E-state index in [1.165, 1.54) is 6.33 Å². The lowest BCUT2D eigenvalue weighted by Crippen LogP contribution is -2.36. The molecule has 1 aliphatic rings. The van der Waals surface area contributed by atoms with Crippen molar-refractivity contribution in [3.8, 4) is 5.88 Å². The Labute approximate surface area is 129 Å². The minimum absolute atomic E-state index is 0.254. The third-order valence-electron chi connectivity index (χ3n) is 4.17. The summed E-state index contributed by atoms with van der Waals surface area (Å²) in [6.45, 7) is 1.73. The molecule has 116 valence electrons. The second kappa shape index (κ2) is 6.70. The molecule has 1 atom stereocenters. The Morgan fingerprint density at radius 2 is 2.14 bits per heavy atom. The van der Waals surface area contributed by atoms with Crippen molar-refractivity contribution < 1.29 is 9.84 Å². The van der Waals surface area contributed by atoms with Crippen LogP contribution in [0.3, 0.4) is 0 Å². The average Bonchev–Trinajstić information content (AvgIpc) is 2.62. The van der Waals surface area contributed by atoms with Crippen molar-refractivity contribution in [2.75, 3.05) is 25.1 Å². The van der Waals surface area contributed by atoms with Gasteiger partial charge in [0, 0.05) is 31.5 Å². The molecule has 0 bridgehead atoms. The van der Waals surface area contributed by atoms with E-state index in [4.69, 9.17) is 4.74 Å². The van der Waals surface area contributed by atoms with Gasteiger partial charge in [-0.25, -0.2) is 9.97 Å². The van der Waals surface area contributed by atoms with Gasteiger partial charge in [-0.2, -0.15) is 0 Å². The van der Waals surface area contributed by atoms with Crippen molar-refractivity contribution in [3.05, 3.63) is 42.5 Å². The number of aromatic nitrogens is 3. The number of anilines is 1. The molecule has 3 heterocycles. The highest BCUT2D eigenvalue weighted by Crippen LogP contribution is 2.31. The van der Waals surface area contributed by atoms with Gasteiger partial charge >= 0.3 is 0 Å². The summed E-state index contributed by atoms with van der Waals surface area (Å²) < 4.78 is 5.14. The first kappa shape index (κ1) is 14.7. The van der Waals surface area contributed by atoms with Gasteiger partial charge in [-0.05, 0) is 30.4 Å². The first-order chi connectivity index (χ1) is 10.8. The molecular formula is C16H20N4O2. The molecule has 0 aliphatic carbocycles. The Hall–Kier alpha value is -2.21. The third kappa shape index (κ3) is 3.17. The van der Waals surface area contributed by atoms with E-state index in [2.05, 4.69) is 19.9 Å². The van der Waals surface area contributed by atoms with Crippen LogP contribution in [0, 0.1) is 5.92 Å². The highest BCUT2D eigenvalue weighted by atomic mass is 16.5. The Kier molecular flexibility index (Phi) is 4.48. The Morgan fingerprint density at radius 3 is 2.82 bits per heavy atom. The summed E-state index contributed by atoms with van der Waals surface area (Å²) in [7, 11) is 1.60. The number of pyridine rings is 1. The fourth-order valence-corrected chi connectivity index (χ4v) is 2.88. The zero-order valence-corrected chi connectivity index (χ0v) is 12.6. The molecule has 1 fully saturated rings. The molecule has 6 heteroatoms. The molecule has 22 heavy (non-hydrogen) atoms. The molecule has 0 spiro atoms. The van der Waals surface area contributed by atoms with Crippen molar-refractivity contribution in [2.24, 2.45) is 5.92 Å². The molecule has 1 N–H and O–H groups in total. The van der Waals surface area contributed by atoms with Gasteiger partial charge < -0.3 is 14.7 Å². The zero-order chi connectivity index (χ0) is 15.4. The van der Waals surface area contributed by atoms with E-state index in [1.54, 1.807) is 19.5 Å². The molecule has 1 saturated heterocycles. The van der Waals surface area contributed by atoms with E-state index in [0.717, 1.165) is 37.3 Å². The van der Waals surface area contributed by atoms with E-state index < -0.39 is 6.10 Å². The summed E-state index contributed by atoms with van der Waals surface area (Å²) in [6.07, 6.45) is 6.37. The van der Waals surface area contributed by atoms with Gasteiger partial charge in [-0.3, -0.25) is 4.98 Å². The van der Waals surface area contributed by atoms with Crippen LogP contribution in [0.4, 0.5) is 5.82 Å². The summed E-state index contributed by atoms with van der Waals surface area (Å²) >= 11 is 0. The van der Waals surface area contributed by atoms with Gasteiger partial charge in [0.25, 0.3) is 0 Å². The highest BCUT2D eigenvalue weighted by Gasteiger charge is 2.27. The monoisotopic (exact) mass is 300 g/mol. The predicted octanol–water partition coefficient (Wildman–Crippen LogP) is 1.83. The van der Waals surface area contributed by atoms with Crippen molar-refractivity contribution >= 4 is 5.82 Å². The Balaban J connectivity index is 1.62. The standard InChI is InChI=1S/C16H20N4O2/c1-22-15-9-14(18-11-19-15)20-7-4-12(5-8-20)16(21)13-3-2-6-17-10-13/h2-3,6,9-12,16,21H,4-5,7-8H2,1H3/t16-/m0/s1. The lowest BCUT2D eigenvalue weighted by atomic mass is 9.88. The van der Waals surface area contributed by atoms with Gasteiger partial charge in [0.15, 0.2) is 0 Å². The van der Waals surface area contributed by atoms with Crippen LogP contribution in [0.25, 0.3) is 0 Å². The largest absolute Gasteiger partial charge is 0.481 e. The summed E-state index contributed by atoms with van der Waals surface area (Å²) in [6, 6.07) is 5.64. The van der Waals surface area contributed by atoms with E-state index in [1.807, 2.05) is 18.2 Å². The maximum Gasteiger partial charge on any atom is 0.218 e. The topological polar surface area (TPSA) is 71.4 Å². The SMILES string of the molecule is COc1cc(N2CCC([C@H](O)c3cccnc3)CC2)ncn1. The number of rotatable bonds is 4. The van der Waals surface area contributed by atoms with E-state index >= 15 is 0 Å². The minimum Gasteiger partial charge on any atom is -0.481 e. The number of aliphatic hydroxyl groups is 1. The van der Waals surface area contributed by atoms with Crippen molar-refractivity contribution in [2.45, 2.75) is 18.9 Å². The molecule has 3 rings (SSSR count). The predicted molar refractivity (Wildman–Crippen MR) is 82.7 cm³/mol. The number of nitrogens with zero attached hydrogens (tertiary/aromatic N) is 4. The van der Waals surface area contributed by atoms with Crippen molar-refractivity contribution in [1.29, 1.82) is 0 Å². The van der Waals surface area contributed by atoms with E-state index in [0.29, 0.717) is 5.88 Å². The van der Waals surface area contributed by atoms with Gasteiger partial charge in [-0.15, -0.1) is 0 Å². The number of aliphatic hydroxyl groups excluding tert-OH is 1. The summed E-state index contributed by atoms with van der Waals surface area (Å²) in [5.41, 5.74) is 0.893. The van der Waals surface area contributed by atoms with Crippen LogP contribution in [-0.4, -0.2) is 40.3 Å². The second-order valence-electron chi connectivity index (χ2n) is 5.47. The van der Waals surface area contributed by atoms with Gasteiger partial charge in [0.1, 0.15) is 12.1 Å². The summed E-state index contributed by atoms with van der Waals surface area (Å²) in [4.78, 5) is 14.6. The molecule has 0 amide bonds. The molecule has 6 nitrogen and oxygen atoms in total. The highest BCUT2D eigenvalue weighted by molar-refractivity contribution is 5.41. The number of hydrogen-bond acceptors (Lipinski definition) is 6. The zero-order valence-electron chi connectivity index (χ0n) is 12.6. The smallest absolute Gasteiger partial charge is 0.218 e. The van der Waals surface area contributed by atoms with Crippen molar-refractivity contribution in [1.82, 2.24) is 15.0 Å². The quantitative estimate of drug-likeness (QED) is 0.929. The van der Waals surface area contributed by atoms with E-state index in [-0.39, 0.29) is 5.92 Å². The molecule has 0 radical (unpaired) electrons. The Bertz CT molecular complexity index is 600. The Morgan fingerprint density at radius 1 is 1.32 bits per heavy atom. The van der Waals surface area contributed by atoms with Gasteiger partial charge in [-0.1, -0.05) is 6.07 Å². The second-order valence-corrected chi connectivity index (χ2v) is 5.47. The maximum atomic E-state index is 10.5. The van der Waals surface area contributed by atoms with Crippen LogP contribution in [-0.2, 0) is 0 Å². The minimum atomic E-state index is -0.448. The van der Waals surface area contributed by atoms with Crippen LogP contribution in [0.15, 0.2) is 36.9 Å². The molecule has 0 unspecified atom stereocenters. The summed E-state index contributed by atoms with van der Waals surface area (Å²) in [5.74, 6) is 1.70. The lowest BCUT2D eigenvalue weighted by Gasteiger charge is -2.34. The van der Waals surface area contributed by atoms with Crippen LogP contribution in [0.2, 0.25) is 0 Å². The molecule has 2 aromatic heterocycles. The fourth-order valence-electron chi connectivity index (χ4n) is 2.88. The van der Waals surface area contributed by atoms with Crippen molar-refractivity contribution in [3.63, 3.8) is 0 Å². The van der Waals surface area contributed by atoms with Gasteiger partial charge in [0.2, 0.25) is 5.88 Å². The van der Waals surface area contributed by atoms with E-state index in [9.17, 15) is 5.11 Å².